The minimum absolute atomic E-state index is 0.0761. The molecule has 1 aliphatic rings. The summed E-state index contributed by atoms with van der Waals surface area (Å²) in [4.78, 5) is 20.3. The topological polar surface area (TPSA) is 97.8 Å². The van der Waals surface area contributed by atoms with E-state index in [2.05, 4.69) is 26.1 Å². The van der Waals surface area contributed by atoms with Crippen molar-refractivity contribution in [1.29, 1.82) is 0 Å². The highest BCUT2D eigenvalue weighted by molar-refractivity contribution is 9.18. The zero-order chi connectivity index (χ0) is 13.5. The lowest BCUT2D eigenvalue weighted by Crippen LogP contribution is -2.24. The highest BCUT2D eigenvalue weighted by Gasteiger charge is 2.38. The summed E-state index contributed by atoms with van der Waals surface area (Å²) in [5.41, 5.74) is 5.06. The monoisotopic (exact) mass is 333 g/mol. The molecule has 1 atom stereocenters. The molecule has 0 aromatic carbocycles. The molecule has 18 heavy (non-hydrogen) atoms. The lowest BCUT2D eigenvalue weighted by atomic mass is 9.98. The van der Waals surface area contributed by atoms with E-state index >= 15 is 0 Å². The molecule has 96 valence electrons. The van der Waals surface area contributed by atoms with E-state index in [-0.39, 0.29) is 16.4 Å². The van der Waals surface area contributed by atoms with Gasteiger partial charge in [-0.05, 0) is 28.9 Å². The number of carboxylic acid groups (broad SMARTS) is 1. The second kappa shape index (κ2) is 4.40. The van der Waals surface area contributed by atoms with E-state index in [1.165, 1.54) is 6.07 Å². The van der Waals surface area contributed by atoms with E-state index in [4.69, 9.17) is 27.3 Å². The van der Waals surface area contributed by atoms with Gasteiger partial charge in [0.1, 0.15) is 4.62 Å². The molecule has 0 spiro atoms. The Morgan fingerprint density at radius 2 is 2.39 bits per heavy atom. The zero-order valence-electron chi connectivity index (χ0n) is 9.28. The fraction of sp³-hybridized carbons (Fsp3) is 0.300. The Morgan fingerprint density at radius 1 is 1.72 bits per heavy atom. The molecule has 1 unspecified atom stereocenters. The minimum atomic E-state index is -1.24. The molecule has 8 heteroatoms. The summed E-state index contributed by atoms with van der Waals surface area (Å²) >= 11 is 9.01. The predicted molar refractivity (Wildman–Crippen MR) is 70.0 cm³/mol. The third-order valence-corrected chi connectivity index (χ3v) is 3.38. The van der Waals surface area contributed by atoms with Crippen molar-refractivity contribution >= 4 is 43.8 Å². The Morgan fingerprint density at radius 3 is 2.89 bits per heavy atom. The standard InChI is InChI=1S/C10H9BrClN3O3/c1-10(3-6(11)15-18-10)5-2-4(13)7(12)8(14-5)9(16)17/h2H,3H2,1H3,(H2,13,14)(H,16,17). The number of pyridine rings is 1. The zero-order valence-corrected chi connectivity index (χ0v) is 11.6. The molecule has 0 amide bonds. The van der Waals surface area contributed by atoms with Crippen LogP contribution < -0.4 is 5.73 Å². The van der Waals surface area contributed by atoms with Crippen LogP contribution in [0.2, 0.25) is 5.02 Å². The Labute approximate surface area is 116 Å². The number of aromatic nitrogens is 1. The highest BCUT2D eigenvalue weighted by atomic mass is 79.9. The third-order valence-electron chi connectivity index (χ3n) is 2.56. The van der Waals surface area contributed by atoms with Crippen LogP contribution in [0.15, 0.2) is 11.2 Å². The van der Waals surface area contributed by atoms with Crippen LogP contribution in [-0.2, 0) is 10.4 Å². The average molecular weight is 335 g/mol. The van der Waals surface area contributed by atoms with Crippen molar-refractivity contribution in [3.8, 4) is 0 Å². The summed E-state index contributed by atoms with van der Waals surface area (Å²) in [7, 11) is 0. The summed E-state index contributed by atoms with van der Waals surface area (Å²) in [5, 5.41) is 12.7. The molecule has 1 aliphatic heterocycles. The third kappa shape index (κ3) is 2.15. The first-order chi connectivity index (χ1) is 8.33. The average Bonchev–Trinajstić information content (AvgIpc) is 2.63. The number of nitrogens with zero attached hydrogens (tertiary/aromatic N) is 2. The maximum Gasteiger partial charge on any atom is 0.356 e. The van der Waals surface area contributed by atoms with Crippen molar-refractivity contribution in [2.45, 2.75) is 18.9 Å². The Kier molecular flexibility index (Phi) is 3.20. The van der Waals surface area contributed by atoms with Crippen molar-refractivity contribution in [2.24, 2.45) is 5.16 Å². The number of hydrogen-bond acceptors (Lipinski definition) is 5. The number of carboxylic acids is 1. The molecule has 0 saturated heterocycles. The largest absolute Gasteiger partial charge is 0.476 e. The van der Waals surface area contributed by atoms with Gasteiger partial charge in [0.05, 0.1) is 16.4 Å². The summed E-state index contributed by atoms with van der Waals surface area (Å²) in [6.45, 7) is 1.74. The number of hydrogen-bond donors (Lipinski definition) is 2. The number of nitrogens with two attached hydrogens (primary N) is 1. The van der Waals surface area contributed by atoms with E-state index in [1.54, 1.807) is 6.92 Å². The smallest absolute Gasteiger partial charge is 0.356 e. The van der Waals surface area contributed by atoms with Gasteiger partial charge in [0.15, 0.2) is 11.3 Å². The quantitative estimate of drug-likeness (QED) is 0.865. The molecule has 2 rings (SSSR count). The SMILES string of the molecule is CC1(c2cc(N)c(Cl)c(C(=O)O)n2)CC(Br)=NO1. The number of nitrogen functional groups attached to an aromatic ring is 1. The van der Waals surface area contributed by atoms with E-state index in [0.29, 0.717) is 16.7 Å². The van der Waals surface area contributed by atoms with Crippen molar-refractivity contribution in [1.82, 2.24) is 4.98 Å². The predicted octanol–water partition coefficient (Wildman–Crippen LogP) is 2.36. The summed E-state index contributed by atoms with van der Waals surface area (Å²) in [6.07, 6.45) is 0.445. The maximum atomic E-state index is 11.0. The molecule has 0 saturated carbocycles. The van der Waals surface area contributed by atoms with Crippen LogP contribution in [-0.4, -0.2) is 20.7 Å². The molecule has 0 fully saturated rings. The van der Waals surface area contributed by atoms with Gasteiger partial charge in [-0.2, -0.15) is 0 Å². The molecule has 1 aromatic heterocycles. The molecule has 0 bridgehead atoms. The number of halogens is 2. The molecular weight excluding hydrogens is 325 g/mol. The molecule has 0 radical (unpaired) electrons. The normalized spacial score (nSPS) is 22.5. The van der Waals surface area contributed by atoms with Crippen molar-refractivity contribution < 1.29 is 14.7 Å². The van der Waals surface area contributed by atoms with Crippen LogP contribution in [0, 0.1) is 0 Å². The fourth-order valence-electron chi connectivity index (χ4n) is 1.59. The van der Waals surface area contributed by atoms with Gasteiger partial charge in [-0.1, -0.05) is 16.8 Å². The van der Waals surface area contributed by atoms with Crippen LogP contribution in [0.25, 0.3) is 0 Å². The van der Waals surface area contributed by atoms with Crippen LogP contribution in [0.5, 0.6) is 0 Å². The molecule has 3 N–H and O–H groups in total. The lowest BCUT2D eigenvalue weighted by Gasteiger charge is -2.21. The van der Waals surface area contributed by atoms with Gasteiger partial charge in [-0.25, -0.2) is 9.78 Å². The number of oxime groups is 1. The van der Waals surface area contributed by atoms with Gasteiger partial charge in [-0.15, -0.1) is 0 Å². The molecule has 2 heterocycles. The van der Waals surface area contributed by atoms with Crippen LogP contribution in [0.3, 0.4) is 0 Å². The summed E-state index contributed by atoms with van der Waals surface area (Å²) < 4.78 is 0.622. The second-order valence-corrected chi connectivity index (χ2v) is 5.32. The van der Waals surface area contributed by atoms with Crippen molar-refractivity contribution in [2.75, 3.05) is 5.73 Å². The Bertz CT molecular complexity index is 564. The highest BCUT2D eigenvalue weighted by Crippen LogP contribution is 2.37. The van der Waals surface area contributed by atoms with Crippen LogP contribution in [0.1, 0.15) is 29.5 Å². The van der Waals surface area contributed by atoms with Crippen molar-refractivity contribution in [3.05, 3.63) is 22.5 Å². The van der Waals surface area contributed by atoms with Gasteiger partial charge in [0.25, 0.3) is 0 Å². The van der Waals surface area contributed by atoms with E-state index in [0.717, 1.165) is 0 Å². The van der Waals surface area contributed by atoms with Crippen LogP contribution in [0.4, 0.5) is 5.69 Å². The maximum absolute atomic E-state index is 11.0. The lowest BCUT2D eigenvalue weighted by molar-refractivity contribution is -0.0109. The van der Waals surface area contributed by atoms with Gasteiger partial charge < -0.3 is 15.7 Å². The molecule has 6 nitrogen and oxygen atoms in total. The summed E-state index contributed by atoms with van der Waals surface area (Å²) in [5.74, 6) is -1.24. The molecular formula is C10H9BrClN3O3. The Balaban J connectivity index is 2.50. The van der Waals surface area contributed by atoms with E-state index < -0.39 is 11.6 Å². The number of rotatable bonds is 2. The number of anilines is 1. The van der Waals surface area contributed by atoms with Crippen LogP contribution >= 0.6 is 27.5 Å². The first-order valence-corrected chi connectivity index (χ1v) is 6.11. The van der Waals surface area contributed by atoms with E-state index in [1.807, 2.05) is 0 Å². The first kappa shape index (κ1) is 13.1. The number of aromatic carboxylic acids is 1. The van der Waals surface area contributed by atoms with E-state index in [9.17, 15) is 4.79 Å². The van der Waals surface area contributed by atoms with Gasteiger partial charge in [0, 0.05) is 6.42 Å². The number of carbonyl (C=O) groups is 1. The fourth-order valence-corrected chi connectivity index (χ4v) is 2.38. The van der Waals surface area contributed by atoms with Crippen molar-refractivity contribution in [3.63, 3.8) is 0 Å². The second-order valence-electron chi connectivity index (χ2n) is 4.03. The minimum Gasteiger partial charge on any atom is -0.476 e. The van der Waals surface area contributed by atoms with Gasteiger partial charge in [0.2, 0.25) is 0 Å². The Hall–Kier alpha value is -1.34. The molecule has 0 aliphatic carbocycles. The van der Waals surface area contributed by atoms with Gasteiger partial charge in [-0.3, -0.25) is 0 Å². The summed E-state index contributed by atoms with van der Waals surface area (Å²) in [6, 6.07) is 1.50. The first-order valence-electron chi connectivity index (χ1n) is 4.94. The van der Waals surface area contributed by atoms with Gasteiger partial charge >= 0.3 is 5.97 Å². The molecule has 1 aromatic rings.